The van der Waals surface area contributed by atoms with Crippen LogP contribution in [0.5, 0.6) is 0 Å². The number of hydrogen-bond acceptors (Lipinski definition) is 3. The molecular weight excluding hydrogens is 172 g/mol. The van der Waals surface area contributed by atoms with E-state index in [0.717, 1.165) is 0 Å². The summed E-state index contributed by atoms with van der Waals surface area (Å²) in [6.07, 6.45) is 7.63. The molecule has 0 saturated heterocycles. The third kappa shape index (κ3) is 1.68. The molecule has 0 aliphatic heterocycles. The fourth-order valence-electron chi connectivity index (χ4n) is 1.05. The molecule has 1 aliphatic rings. The molecule has 0 aromatic heterocycles. The molecule has 2 atom stereocenters. The predicted octanol–water partition coefficient (Wildman–Crippen LogP) is 1.10. The lowest BCUT2D eigenvalue weighted by molar-refractivity contribution is -0.119. The van der Waals surface area contributed by atoms with E-state index in [9.17, 15) is 9.90 Å². The van der Waals surface area contributed by atoms with Crippen molar-refractivity contribution in [2.24, 2.45) is 5.92 Å². The van der Waals surface area contributed by atoms with E-state index in [1.807, 2.05) is 0 Å². The molecule has 1 rings (SSSR count). The Balaban J connectivity index is 2.90. The molecule has 0 spiro atoms. The largest absolute Gasteiger partial charge is 0.375 e. The summed E-state index contributed by atoms with van der Waals surface area (Å²) in [6.45, 7) is 3.35. The molecule has 0 aromatic carbocycles. The third-order valence-corrected chi connectivity index (χ3v) is 2.15. The highest BCUT2D eigenvalue weighted by Gasteiger charge is 2.33. The van der Waals surface area contributed by atoms with Gasteiger partial charge >= 0.3 is 0 Å². The second-order valence-electron chi connectivity index (χ2n) is 2.61. The molecule has 0 radical (unpaired) electrons. The number of hydrogen-bond donors (Lipinski definition) is 2. The Kier molecular flexibility index (Phi) is 2.55. The van der Waals surface area contributed by atoms with E-state index >= 15 is 0 Å². The number of aliphatic hydroxyl groups is 1. The number of carbonyl (C=O) groups excluding carboxylic acids is 1. The van der Waals surface area contributed by atoms with Crippen molar-refractivity contribution in [1.29, 1.82) is 0 Å². The summed E-state index contributed by atoms with van der Waals surface area (Å²) >= 11 is 3.96. The molecular formula is C9H10O2S. The molecule has 0 fully saturated rings. The lowest BCUT2D eigenvalue weighted by atomic mass is 9.92. The highest BCUT2D eigenvalue weighted by molar-refractivity contribution is 7.81. The Bertz CT molecular complexity index is 264. The summed E-state index contributed by atoms with van der Waals surface area (Å²) in [5, 5.41) is 9.59. The second kappa shape index (κ2) is 3.29. The summed E-state index contributed by atoms with van der Waals surface area (Å²) in [4.78, 5) is 9.80. The lowest BCUT2D eigenvalue weighted by Gasteiger charge is -2.26. The number of allylic oxidation sites excluding steroid dienone is 3. The van der Waals surface area contributed by atoms with E-state index in [1.54, 1.807) is 18.2 Å². The normalized spacial score (nSPS) is 33.3. The van der Waals surface area contributed by atoms with Gasteiger partial charge < -0.3 is 5.11 Å². The lowest BCUT2D eigenvalue weighted by Crippen LogP contribution is -2.34. The van der Waals surface area contributed by atoms with Gasteiger partial charge in [0.05, 0.1) is 5.92 Å². The molecule has 3 heteroatoms. The van der Waals surface area contributed by atoms with Crippen LogP contribution >= 0.6 is 12.6 Å². The maximum atomic E-state index is 11.2. The predicted molar refractivity (Wildman–Crippen MR) is 50.9 cm³/mol. The summed E-state index contributed by atoms with van der Waals surface area (Å²) < 4.78 is 0. The van der Waals surface area contributed by atoms with Crippen molar-refractivity contribution >= 4 is 18.4 Å². The van der Waals surface area contributed by atoms with Crippen LogP contribution in [-0.2, 0) is 4.79 Å². The minimum Gasteiger partial charge on any atom is -0.375 e. The number of rotatable bonds is 2. The Morgan fingerprint density at radius 2 is 2.33 bits per heavy atom. The van der Waals surface area contributed by atoms with Crippen LogP contribution in [0, 0.1) is 5.92 Å². The second-order valence-corrected chi connectivity index (χ2v) is 3.33. The van der Waals surface area contributed by atoms with Crippen LogP contribution in [0.3, 0.4) is 0 Å². The molecule has 2 unspecified atom stereocenters. The van der Waals surface area contributed by atoms with Gasteiger partial charge in [0.2, 0.25) is 0 Å². The van der Waals surface area contributed by atoms with Crippen molar-refractivity contribution in [3.63, 3.8) is 0 Å². The fourth-order valence-corrected chi connectivity index (χ4v) is 1.35. The first-order chi connectivity index (χ1) is 5.58. The van der Waals surface area contributed by atoms with Crippen LogP contribution < -0.4 is 0 Å². The first kappa shape index (κ1) is 9.29. The van der Waals surface area contributed by atoms with Crippen LogP contribution in [-0.4, -0.2) is 15.8 Å². The van der Waals surface area contributed by atoms with E-state index in [-0.39, 0.29) is 5.78 Å². The van der Waals surface area contributed by atoms with Crippen molar-refractivity contribution in [3.05, 3.63) is 37.0 Å². The standard InChI is InChI=1S/C9H10O2S/c1-2-8(10)7-5-3-4-6-9(7,11)12/h2-7,11-12H,1H2. The molecule has 0 bridgehead atoms. The minimum atomic E-state index is -1.37. The maximum Gasteiger partial charge on any atom is 0.166 e. The highest BCUT2D eigenvalue weighted by atomic mass is 32.1. The maximum absolute atomic E-state index is 11.2. The van der Waals surface area contributed by atoms with Gasteiger partial charge in [-0.3, -0.25) is 4.79 Å². The molecule has 2 nitrogen and oxygen atoms in total. The SMILES string of the molecule is C=CC(=O)C1C=CC=CC1(O)S. The average Bonchev–Trinajstić information content (AvgIpc) is 2.02. The van der Waals surface area contributed by atoms with Gasteiger partial charge in [0.15, 0.2) is 5.78 Å². The van der Waals surface area contributed by atoms with E-state index in [1.165, 1.54) is 12.2 Å². The zero-order valence-electron chi connectivity index (χ0n) is 6.47. The van der Waals surface area contributed by atoms with Crippen molar-refractivity contribution < 1.29 is 9.90 Å². The number of ketones is 1. The van der Waals surface area contributed by atoms with E-state index < -0.39 is 10.9 Å². The van der Waals surface area contributed by atoms with Crippen molar-refractivity contribution in [1.82, 2.24) is 0 Å². The van der Waals surface area contributed by atoms with E-state index in [0.29, 0.717) is 0 Å². The van der Waals surface area contributed by atoms with Crippen molar-refractivity contribution in [3.8, 4) is 0 Å². The first-order valence-electron chi connectivity index (χ1n) is 3.55. The van der Waals surface area contributed by atoms with Gasteiger partial charge in [-0.1, -0.05) is 24.8 Å². The van der Waals surface area contributed by atoms with Crippen molar-refractivity contribution in [2.45, 2.75) is 4.93 Å². The highest BCUT2D eigenvalue weighted by Crippen LogP contribution is 2.28. The zero-order valence-corrected chi connectivity index (χ0v) is 7.37. The van der Waals surface area contributed by atoms with Crippen LogP contribution in [0.15, 0.2) is 37.0 Å². The van der Waals surface area contributed by atoms with Crippen LogP contribution in [0.1, 0.15) is 0 Å². The van der Waals surface area contributed by atoms with Gasteiger partial charge in [-0.2, -0.15) is 0 Å². The monoisotopic (exact) mass is 182 g/mol. The van der Waals surface area contributed by atoms with Crippen LogP contribution in [0.25, 0.3) is 0 Å². The Labute approximate surface area is 76.7 Å². The van der Waals surface area contributed by atoms with Crippen LogP contribution in [0.4, 0.5) is 0 Å². The van der Waals surface area contributed by atoms with E-state index in [2.05, 4.69) is 19.2 Å². The summed E-state index contributed by atoms with van der Waals surface area (Å²) in [5.41, 5.74) is 0. The minimum absolute atomic E-state index is 0.229. The Morgan fingerprint density at radius 1 is 1.67 bits per heavy atom. The van der Waals surface area contributed by atoms with Gasteiger partial charge in [-0.15, -0.1) is 12.6 Å². The summed E-state index contributed by atoms with van der Waals surface area (Å²) in [6, 6.07) is 0. The smallest absolute Gasteiger partial charge is 0.166 e. The molecule has 0 saturated carbocycles. The fraction of sp³-hybridized carbons (Fsp3) is 0.222. The zero-order chi connectivity index (χ0) is 9.19. The van der Waals surface area contributed by atoms with Gasteiger partial charge in [0.25, 0.3) is 0 Å². The topological polar surface area (TPSA) is 37.3 Å². The average molecular weight is 182 g/mol. The molecule has 1 N–H and O–H groups in total. The number of carbonyl (C=O) groups is 1. The molecule has 0 amide bonds. The summed E-state index contributed by atoms with van der Waals surface area (Å²) in [5.74, 6) is -0.851. The van der Waals surface area contributed by atoms with Gasteiger partial charge in [0, 0.05) is 0 Å². The molecule has 0 heterocycles. The molecule has 12 heavy (non-hydrogen) atoms. The Hall–Kier alpha value is -0.800. The van der Waals surface area contributed by atoms with Gasteiger partial charge in [0.1, 0.15) is 4.93 Å². The molecule has 0 aromatic rings. The van der Waals surface area contributed by atoms with E-state index in [4.69, 9.17) is 0 Å². The molecule has 64 valence electrons. The first-order valence-corrected chi connectivity index (χ1v) is 3.99. The third-order valence-electron chi connectivity index (χ3n) is 1.72. The quantitative estimate of drug-likeness (QED) is 0.381. The summed E-state index contributed by atoms with van der Waals surface area (Å²) in [7, 11) is 0. The van der Waals surface area contributed by atoms with Gasteiger partial charge in [-0.05, 0) is 12.2 Å². The Morgan fingerprint density at radius 3 is 2.83 bits per heavy atom. The van der Waals surface area contributed by atoms with Crippen molar-refractivity contribution in [2.75, 3.05) is 0 Å². The molecule has 1 aliphatic carbocycles. The van der Waals surface area contributed by atoms with Gasteiger partial charge in [-0.25, -0.2) is 0 Å². The van der Waals surface area contributed by atoms with Crippen LogP contribution in [0.2, 0.25) is 0 Å². The number of thiol groups is 1.